The Balaban J connectivity index is 2.24. The zero-order valence-corrected chi connectivity index (χ0v) is 9.78. The minimum Gasteiger partial charge on any atom is -0.264 e. The third-order valence-corrected chi connectivity index (χ3v) is 2.44. The average Bonchev–Trinajstić information content (AvgIpc) is 2.29. The lowest BCUT2D eigenvalue weighted by molar-refractivity contribution is 0.903. The molecule has 0 aliphatic carbocycles. The van der Waals surface area contributed by atoms with Crippen LogP contribution >= 0.6 is 11.6 Å². The second-order valence-electron chi connectivity index (χ2n) is 3.49. The van der Waals surface area contributed by atoms with Gasteiger partial charge in [0, 0.05) is 24.5 Å². The van der Waals surface area contributed by atoms with E-state index in [0.29, 0.717) is 11.6 Å². The molecule has 0 amide bonds. The quantitative estimate of drug-likeness (QED) is 0.766. The summed E-state index contributed by atoms with van der Waals surface area (Å²) in [6, 6.07) is 5.71. The molecule has 0 N–H and O–H groups in total. The number of pyridine rings is 1. The second-order valence-corrected chi connectivity index (χ2v) is 3.88. The fourth-order valence-electron chi connectivity index (χ4n) is 1.46. The van der Waals surface area contributed by atoms with Crippen LogP contribution in [0.4, 0.5) is 0 Å². The Morgan fingerprint density at radius 2 is 2.19 bits per heavy atom. The highest BCUT2D eigenvalue weighted by atomic mass is 35.5. The lowest BCUT2D eigenvalue weighted by atomic mass is 10.2. The van der Waals surface area contributed by atoms with Gasteiger partial charge in [-0.05, 0) is 24.1 Å². The van der Waals surface area contributed by atoms with Gasteiger partial charge in [0.05, 0.1) is 0 Å². The normalized spacial score (nSPS) is 10.4. The van der Waals surface area contributed by atoms with Gasteiger partial charge in [-0.1, -0.05) is 24.6 Å². The van der Waals surface area contributed by atoms with Gasteiger partial charge in [0.25, 0.3) is 0 Å². The second kappa shape index (κ2) is 5.03. The van der Waals surface area contributed by atoms with Gasteiger partial charge in [-0.15, -0.1) is 0 Å². The Labute approximate surface area is 99.5 Å². The van der Waals surface area contributed by atoms with E-state index in [9.17, 15) is 0 Å². The van der Waals surface area contributed by atoms with Crippen molar-refractivity contribution in [2.75, 3.05) is 0 Å². The molecule has 0 aromatic carbocycles. The smallest absolute Gasteiger partial charge is 0.134 e. The molecule has 0 radical (unpaired) electrons. The van der Waals surface area contributed by atoms with Crippen molar-refractivity contribution in [3.05, 3.63) is 52.8 Å². The standard InChI is InChI=1S/C12H12ClN3/c1-2-10-7-11(13)16-12(15-10)6-9-4-3-5-14-8-9/h3-5,7-8H,2,6H2,1H3. The molecule has 0 fully saturated rings. The number of hydrogen-bond donors (Lipinski definition) is 0. The van der Waals surface area contributed by atoms with Crippen LogP contribution < -0.4 is 0 Å². The van der Waals surface area contributed by atoms with Crippen LogP contribution in [0, 0.1) is 0 Å². The molecule has 0 unspecified atom stereocenters. The fourth-order valence-corrected chi connectivity index (χ4v) is 1.69. The molecule has 2 aromatic rings. The summed E-state index contributed by atoms with van der Waals surface area (Å²) in [7, 11) is 0. The highest BCUT2D eigenvalue weighted by Gasteiger charge is 2.03. The number of hydrogen-bond acceptors (Lipinski definition) is 3. The van der Waals surface area contributed by atoms with Crippen LogP contribution in [0.25, 0.3) is 0 Å². The van der Waals surface area contributed by atoms with E-state index >= 15 is 0 Å². The first-order valence-electron chi connectivity index (χ1n) is 5.19. The molecule has 82 valence electrons. The van der Waals surface area contributed by atoms with Gasteiger partial charge in [-0.3, -0.25) is 4.98 Å². The summed E-state index contributed by atoms with van der Waals surface area (Å²) < 4.78 is 0. The van der Waals surface area contributed by atoms with Crippen LogP contribution in [0.1, 0.15) is 24.0 Å². The maximum atomic E-state index is 5.93. The number of nitrogens with zero attached hydrogens (tertiary/aromatic N) is 3. The van der Waals surface area contributed by atoms with Crippen LogP contribution in [0.2, 0.25) is 5.15 Å². The predicted octanol–water partition coefficient (Wildman–Crippen LogP) is 2.68. The number of halogens is 1. The topological polar surface area (TPSA) is 38.7 Å². The van der Waals surface area contributed by atoms with Crippen molar-refractivity contribution in [3.63, 3.8) is 0 Å². The summed E-state index contributed by atoms with van der Waals surface area (Å²) in [5.74, 6) is 0.748. The molecule has 3 nitrogen and oxygen atoms in total. The third-order valence-electron chi connectivity index (χ3n) is 2.24. The summed E-state index contributed by atoms with van der Waals surface area (Å²) >= 11 is 5.93. The number of aryl methyl sites for hydroxylation is 1. The van der Waals surface area contributed by atoms with Gasteiger partial charge in [-0.2, -0.15) is 0 Å². The van der Waals surface area contributed by atoms with Crippen molar-refractivity contribution in [2.45, 2.75) is 19.8 Å². The minimum absolute atomic E-state index is 0.505. The van der Waals surface area contributed by atoms with Crippen LogP contribution in [-0.2, 0) is 12.8 Å². The molecule has 4 heteroatoms. The van der Waals surface area contributed by atoms with E-state index in [1.807, 2.05) is 25.3 Å². The van der Waals surface area contributed by atoms with E-state index in [1.54, 1.807) is 12.3 Å². The Hall–Kier alpha value is -1.48. The summed E-state index contributed by atoms with van der Waals surface area (Å²) in [6.07, 6.45) is 5.10. The van der Waals surface area contributed by atoms with Crippen LogP contribution in [0.3, 0.4) is 0 Å². The van der Waals surface area contributed by atoms with E-state index in [0.717, 1.165) is 23.5 Å². The van der Waals surface area contributed by atoms with Gasteiger partial charge in [0.1, 0.15) is 11.0 Å². The Morgan fingerprint density at radius 3 is 2.88 bits per heavy atom. The van der Waals surface area contributed by atoms with Gasteiger partial charge in [-0.25, -0.2) is 9.97 Å². The van der Waals surface area contributed by atoms with Crippen molar-refractivity contribution >= 4 is 11.6 Å². The molecule has 2 rings (SSSR count). The molecule has 0 saturated carbocycles. The van der Waals surface area contributed by atoms with Crippen LogP contribution in [0.15, 0.2) is 30.6 Å². The first kappa shape index (κ1) is 11.0. The Kier molecular flexibility index (Phi) is 3.47. The molecular weight excluding hydrogens is 222 g/mol. The van der Waals surface area contributed by atoms with E-state index < -0.39 is 0 Å². The van der Waals surface area contributed by atoms with Crippen LogP contribution in [0.5, 0.6) is 0 Å². The van der Waals surface area contributed by atoms with Gasteiger partial charge < -0.3 is 0 Å². The average molecular weight is 234 g/mol. The lowest BCUT2D eigenvalue weighted by Crippen LogP contribution is -2.00. The van der Waals surface area contributed by atoms with Gasteiger partial charge in [0.15, 0.2) is 0 Å². The van der Waals surface area contributed by atoms with Crippen molar-refractivity contribution in [1.82, 2.24) is 15.0 Å². The van der Waals surface area contributed by atoms with Crippen molar-refractivity contribution in [1.29, 1.82) is 0 Å². The summed E-state index contributed by atoms with van der Waals surface area (Å²) in [5.41, 5.74) is 2.06. The molecule has 0 atom stereocenters. The summed E-state index contributed by atoms with van der Waals surface area (Å²) in [5, 5.41) is 0.505. The highest BCUT2D eigenvalue weighted by Crippen LogP contribution is 2.10. The van der Waals surface area contributed by atoms with Crippen molar-refractivity contribution in [3.8, 4) is 0 Å². The molecule has 0 spiro atoms. The molecule has 0 aliphatic rings. The SMILES string of the molecule is CCc1cc(Cl)nc(Cc2cccnc2)n1. The van der Waals surface area contributed by atoms with Crippen molar-refractivity contribution < 1.29 is 0 Å². The molecule has 2 heterocycles. The predicted molar refractivity (Wildman–Crippen MR) is 63.5 cm³/mol. The zero-order chi connectivity index (χ0) is 11.4. The molecule has 0 saturated heterocycles. The fraction of sp³-hybridized carbons (Fsp3) is 0.250. The monoisotopic (exact) mass is 233 g/mol. The minimum atomic E-state index is 0.505. The first-order chi connectivity index (χ1) is 7.78. The van der Waals surface area contributed by atoms with E-state index in [-0.39, 0.29) is 0 Å². The largest absolute Gasteiger partial charge is 0.264 e. The Morgan fingerprint density at radius 1 is 1.31 bits per heavy atom. The molecule has 16 heavy (non-hydrogen) atoms. The lowest BCUT2D eigenvalue weighted by Gasteiger charge is -2.03. The van der Waals surface area contributed by atoms with Crippen molar-refractivity contribution in [2.24, 2.45) is 0 Å². The maximum absolute atomic E-state index is 5.93. The molecule has 0 bridgehead atoms. The Bertz CT molecular complexity index is 471. The zero-order valence-electron chi connectivity index (χ0n) is 9.02. The van der Waals surface area contributed by atoms with E-state index in [2.05, 4.69) is 15.0 Å². The van der Waals surface area contributed by atoms with Gasteiger partial charge in [0.2, 0.25) is 0 Å². The highest BCUT2D eigenvalue weighted by molar-refractivity contribution is 6.29. The van der Waals surface area contributed by atoms with E-state index in [1.165, 1.54) is 0 Å². The summed E-state index contributed by atoms with van der Waals surface area (Å²) in [6.45, 7) is 2.05. The van der Waals surface area contributed by atoms with Gasteiger partial charge >= 0.3 is 0 Å². The van der Waals surface area contributed by atoms with E-state index in [4.69, 9.17) is 11.6 Å². The van der Waals surface area contributed by atoms with Crippen LogP contribution in [-0.4, -0.2) is 15.0 Å². The number of rotatable bonds is 3. The summed E-state index contributed by atoms with van der Waals surface area (Å²) in [4.78, 5) is 12.7. The molecule has 2 aromatic heterocycles. The molecule has 0 aliphatic heterocycles. The number of aromatic nitrogens is 3. The first-order valence-corrected chi connectivity index (χ1v) is 5.57. The maximum Gasteiger partial charge on any atom is 0.134 e. The third kappa shape index (κ3) is 2.76. The molecular formula is C12H12ClN3.